The van der Waals surface area contributed by atoms with Crippen molar-refractivity contribution in [1.29, 1.82) is 0 Å². The maximum absolute atomic E-state index is 5.84. The molecule has 0 radical (unpaired) electrons. The van der Waals surface area contributed by atoms with Gasteiger partial charge in [0.25, 0.3) is 0 Å². The smallest absolute Gasteiger partial charge is 0.203 e. The number of ether oxygens (including phenoxy) is 3. The van der Waals surface area contributed by atoms with Crippen LogP contribution in [0.15, 0.2) is 12.1 Å². The van der Waals surface area contributed by atoms with Gasteiger partial charge in [0.15, 0.2) is 11.5 Å². The second kappa shape index (κ2) is 4.22. The first-order valence-corrected chi connectivity index (χ1v) is 5.26. The summed E-state index contributed by atoms with van der Waals surface area (Å²) in [6.45, 7) is 0. The summed E-state index contributed by atoms with van der Waals surface area (Å²) in [4.78, 5) is 0. The summed E-state index contributed by atoms with van der Waals surface area (Å²) in [5.74, 6) is 2.43. The van der Waals surface area contributed by atoms with Gasteiger partial charge in [-0.25, -0.2) is 0 Å². The third-order valence-corrected chi connectivity index (χ3v) is 2.96. The van der Waals surface area contributed by atoms with Gasteiger partial charge in [-0.05, 0) is 24.1 Å². The lowest BCUT2D eigenvalue weighted by molar-refractivity contribution is 0.324. The Hall–Kier alpha value is -1.42. The Balaban J connectivity index is 2.42. The van der Waals surface area contributed by atoms with Gasteiger partial charge in [-0.2, -0.15) is 0 Å². The fourth-order valence-electron chi connectivity index (χ4n) is 1.91. The summed E-state index contributed by atoms with van der Waals surface area (Å²) < 4.78 is 15.8. The van der Waals surface area contributed by atoms with Crippen LogP contribution in [-0.2, 0) is 0 Å². The molecule has 88 valence electrons. The minimum Gasteiger partial charge on any atom is -0.493 e. The number of hydrogen-bond donors (Lipinski definition) is 1. The van der Waals surface area contributed by atoms with Crippen molar-refractivity contribution >= 4 is 0 Å². The molecule has 0 spiro atoms. The highest BCUT2D eigenvalue weighted by Crippen LogP contribution is 2.46. The Morgan fingerprint density at radius 1 is 1.06 bits per heavy atom. The summed E-state index contributed by atoms with van der Waals surface area (Å²) in [5, 5.41) is 0. The lowest BCUT2D eigenvalue weighted by Crippen LogP contribution is -2.02. The van der Waals surface area contributed by atoms with Crippen LogP contribution >= 0.6 is 0 Å². The zero-order chi connectivity index (χ0) is 11.7. The summed E-state index contributed by atoms with van der Waals surface area (Å²) in [7, 11) is 4.84. The van der Waals surface area contributed by atoms with Crippen molar-refractivity contribution in [2.24, 2.45) is 5.73 Å². The average Bonchev–Trinajstić information content (AvgIpc) is 3.04. The van der Waals surface area contributed by atoms with Crippen molar-refractivity contribution in [3.63, 3.8) is 0 Å². The van der Waals surface area contributed by atoms with Gasteiger partial charge in [-0.15, -0.1) is 0 Å². The molecule has 0 bridgehead atoms. The van der Waals surface area contributed by atoms with Gasteiger partial charge in [0, 0.05) is 12.0 Å². The maximum Gasteiger partial charge on any atom is 0.203 e. The second-order valence-electron chi connectivity index (χ2n) is 3.96. The number of rotatable bonds is 4. The molecule has 2 rings (SSSR count). The largest absolute Gasteiger partial charge is 0.493 e. The first kappa shape index (κ1) is 11.1. The van der Waals surface area contributed by atoms with Gasteiger partial charge < -0.3 is 19.9 Å². The van der Waals surface area contributed by atoms with E-state index in [9.17, 15) is 0 Å². The fraction of sp³-hybridized carbons (Fsp3) is 0.500. The molecular formula is C12H17NO3. The summed E-state index contributed by atoms with van der Waals surface area (Å²) in [6, 6.07) is 4.21. The van der Waals surface area contributed by atoms with Crippen LogP contribution in [0.2, 0.25) is 0 Å². The van der Waals surface area contributed by atoms with Crippen LogP contribution in [-0.4, -0.2) is 27.4 Å². The molecule has 1 aliphatic rings. The Kier molecular flexibility index (Phi) is 2.92. The molecule has 0 amide bonds. The predicted octanol–water partition coefficient (Wildman–Crippen LogP) is 1.53. The molecule has 1 saturated carbocycles. The van der Waals surface area contributed by atoms with Crippen molar-refractivity contribution < 1.29 is 14.2 Å². The summed E-state index contributed by atoms with van der Waals surface area (Å²) in [6.07, 6.45) is 1.03. The third kappa shape index (κ3) is 1.80. The van der Waals surface area contributed by atoms with E-state index in [2.05, 4.69) is 0 Å². The molecular weight excluding hydrogens is 206 g/mol. The fourth-order valence-corrected chi connectivity index (χ4v) is 1.91. The molecule has 1 aromatic carbocycles. The highest BCUT2D eigenvalue weighted by atomic mass is 16.5. The molecule has 0 unspecified atom stereocenters. The highest BCUT2D eigenvalue weighted by molar-refractivity contribution is 5.55. The lowest BCUT2D eigenvalue weighted by atomic mass is 10.1. The summed E-state index contributed by atoms with van der Waals surface area (Å²) in [5.41, 5.74) is 6.99. The van der Waals surface area contributed by atoms with Gasteiger partial charge in [0.1, 0.15) is 0 Å². The average molecular weight is 223 g/mol. The van der Waals surface area contributed by atoms with E-state index in [-0.39, 0.29) is 6.04 Å². The molecule has 0 aliphatic heterocycles. The minimum absolute atomic E-state index is 0.266. The van der Waals surface area contributed by atoms with Crippen molar-refractivity contribution in [3.8, 4) is 17.2 Å². The zero-order valence-corrected chi connectivity index (χ0v) is 9.82. The van der Waals surface area contributed by atoms with E-state index in [0.29, 0.717) is 23.2 Å². The Morgan fingerprint density at radius 2 is 1.56 bits per heavy atom. The van der Waals surface area contributed by atoms with Crippen LogP contribution in [0.25, 0.3) is 0 Å². The number of nitrogens with two attached hydrogens (primary N) is 1. The topological polar surface area (TPSA) is 53.7 Å². The Labute approximate surface area is 95.3 Å². The molecule has 1 fully saturated rings. The van der Waals surface area contributed by atoms with E-state index < -0.39 is 0 Å². The molecule has 4 nitrogen and oxygen atoms in total. The quantitative estimate of drug-likeness (QED) is 0.841. The number of benzene rings is 1. The lowest BCUT2D eigenvalue weighted by Gasteiger charge is -2.13. The maximum atomic E-state index is 5.84. The van der Waals surface area contributed by atoms with E-state index in [1.165, 1.54) is 0 Å². The standard InChI is InChI=1S/C12H17NO3/c1-14-10-4-7(8-6-9(8)13)5-11(15-2)12(10)16-3/h4-5,8-9H,6,13H2,1-3H3/t8-,9+/m0/s1. The molecule has 0 heterocycles. The van der Waals surface area contributed by atoms with Crippen LogP contribution in [0.3, 0.4) is 0 Å². The Bertz CT molecular complexity index is 367. The number of hydrogen-bond acceptors (Lipinski definition) is 4. The monoisotopic (exact) mass is 223 g/mol. The van der Waals surface area contributed by atoms with Crippen LogP contribution < -0.4 is 19.9 Å². The first-order valence-electron chi connectivity index (χ1n) is 5.26. The van der Waals surface area contributed by atoms with Crippen molar-refractivity contribution in [2.75, 3.05) is 21.3 Å². The SMILES string of the molecule is COc1cc([C@@H]2C[C@H]2N)cc(OC)c1OC. The van der Waals surface area contributed by atoms with E-state index >= 15 is 0 Å². The van der Waals surface area contributed by atoms with Gasteiger partial charge in [0.05, 0.1) is 21.3 Å². The van der Waals surface area contributed by atoms with Gasteiger partial charge in [0.2, 0.25) is 5.75 Å². The molecule has 2 atom stereocenters. The third-order valence-electron chi connectivity index (χ3n) is 2.96. The van der Waals surface area contributed by atoms with E-state index in [1.807, 2.05) is 12.1 Å². The molecule has 16 heavy (non-hydrogen) atoms. The van der Waals surface area contributed by atoms with E-state index in [0.717, 1.165) is 12.0 Å². The Morgan fingerprint density at radius 3 is 1.88 bits per heavy atom. The molecule has 1 aliphatic carbocycles. The van der Waals surface area contributed by atoms with Crippen molar-refractivity contribution in [3.05, 3.63) is 17.7 Å². The van der Waals surface area contributed by atoms with Gasteiger partial charge >= 0.3 is 0 Å². The van der Waals surface area contributed by atoms with E-state index in [4.69, 9.17) is 19.9 Å². The van der Waals surface area contributed by atoms with Crippen molar-refractivity contribution in [2.45, 2.75) is 18.4 Å². The molecule has 2 N–H and O–H groups in total. The molecule has 4 heteroatoms. The van der Waals surface area contributed by atoms with Gasteiger partial charge in [-0.3, -0.25) is 0 Å². The normalized spacial score (nSPS) is 22.8. The van der Waals surface area contributed by atoms with Crippen LogP contribution in [0.1, 0.15) is 17.9 Å². The van der Waals surface area contributed by atoms with E-state index in [1.54, 1.807) is 21.3 Å². The van der Waals surface area contributed by atoms with Crippen molar-refractivity contribution in [1.82, 2.24) is 0 Å². The molecule has 0 aromatic heterocycles. The summed E-state index contributed by atoms with van der Waals surface area (Å²) >= 11 is 0. The predicted molar refractivity (Wildman–Crippen MR) is 61.4 cm³/mol. The second-order valence-corrected chi connectivity index (χ2v) is 3.96. The first-order chi connectivity index (χ1) is 7.71. The van der Waals surface area contributed by atoms with Gasteiger partial charge in [-0.1, -0.05) is 0 Å². The molecule has 1 aromatic rings. The highest BCUT2D eigenvalue weighted by Gasteiger charge is 2.36. The van der Waals surface area contributed by atoms with Crippen LogP contribution in [0, 0.1) is 0 Å². The zero-order valence-electron chi connectivity index (χ0n) is 9.82. The number of methoxy groups -OCH3 is 3. The molecule has 0 saturated heterocycles. The van der Waals surface area contributed by atoms with Crippen LogP contribution in [0.4, 0.5) is 0 Å². The minimum atomic E-state index is 0.266. The van der Waals surface area contributed by atoms with Crippen LogP contribution in [0.5, 0.6) is 17.2 Å².